The number of carbonyl (C=O) groups excluding carboxylic acids is 6. The molecular weight excluding hydrogens is 943 g/mol. The van der Waals surface area contributed by atoms with Gasteiger partial charge in [0.15, 0.2) is 0 Å². The molecule has 1 heterocycles. The Labute approximate surface area is 441 Å². The van der Waals surface area contributed by atoms with E-state index in [-0.39, 0.29) is 63.1 Å². The first kappa shape index (κ1) is 61.3. The summed E-state index contributed by atoms with van der Waals surface area (Å²) >= 11 is 0. The molecule has 4 N–H and O–H groups in total. The lowest BCUT2D eigenvalue weighted by atomic mass is 9.55. The van der Waals surface area contributed by atoms with Crippen LogP contribution in [0.2, 0.25) is 0 Å². The summed E-state index contributed by atoms with van der Waals surface area (Å²) in [4.78, 5) is 97.3. The number of carboxylic acid groups (broad SMARTS) is 1. The maximum Gasteiger partial charge on any atom is 0.325 e. The first-order chi connectivity index (χ1) is 33.5. The molecule has 0 spiro atoms. The lowest BCUT2D eigenvalue weighted by Crippen LogP contribution is -2.49. The molecule has 0 bridgehead atoms. The van der Waals surface area contributed by atoms with Crippen molar-refractivity contribution < 1.29 is 52.9 Å². The minimum atomic E-state index is -1.17. The van der Waals surface area contributed by atoms with Gasteiger partial charge < -0.3 is 35.3 Å². The van der Waals surface area contributed by atoms with Crippen LogP contribution in [0.4, 0.5) is 15.3 Å². The van der Waals surface area contributed by atoms with E-state index >= 15 is 4.79 Å². The highest BCUT2D eigenvalue weighted by Crippen LogP contribution is 2.83. The molecule has 2 saturated carbocycles. The second-order valence-corrected chi connectivity index (χ2v) is 27.8. The van der Waals surface area contributed by atoms with Crippen molar-refractivity contribution in [1.82, 2.24) is 15.5 Å². The van der Waals surface area contributed by atoms with Crippen LogP contribution in [0, 0.1) is 76.8 Å². The van der Waals surface area contributed by atoms with Gasteiger partial charge in [-0.25, -0.2) is 9.59 Å². The molecule has 0 radical (unpaired) electrons. The number of nitriles is 1. The quantitative estimate of drug-likeness (QED) is 0.0347. The van der Waals surface area contributed by atoms with Gasteiger partial charge in [0.25, 0.3) is 5.91 Å². The van der Waals surface area contributed by atoms with E-state index in [1.165, 1.54) is 0 Å². The van der Waals surface area contributed by atoms with Gasteiger partial charge in [-0.05, 0) is 141 Å². The van der Waals surface area contributed by atoms with Crippen molar-refractivity contribution >= 4 is 47.5 Å². The lowest BCUT2D eigenvalue weighted by Gasteiger charge is -2.49. The Balaban J connectivity index is 1.70. The van der Waals surface area contributed by atoms with E-state index < -0.39 is 95.6 Å². The number of benzene rings is 1. The van der Waals surface area contributed by atoms with Crippen LogP contribution < -0.4 is 16.0 Å². The number of nitrogens with zero attached hydrogens (tertiary/aromatic N) is 2. The minimum Gasteiger partial charge on any atom is -0.481 e. The summed E-state index contributed by atoms with van der Waals surface area (Å²) in [5, 5.41) is 28.0. The number of nitrogens with one attached hydrogen (secondary N) is 3. The smallest absolute Gasteiger partial charge is 0.325 e. The molecule has 74 heavy (non-hydrogen) atoms. The molecule has 1 aromatic rings. The van der Waals surface area contributed by atoms with E-state index in [0.29, 0.717) is 36.9 Å². The first-order valence-corrected chi connectivity index (χ1v) is 26.4. The molecule has 7 unspecified atom stereocenters. The van der Waals surface area contributed by atoms with Gasteiger partial charge in [0.05, 0.1) is 53.0 Å². The zero-order valence-corrected chi connectivity index (χ0v) is 48.6. The number of hydrogen-bond acceptors (Lipinski definition) is 11. The Morgan fingerprint density at radius 2 is 1.30 bits per heavy atom. The maximum atomic E-state index is 15.2. The summed E-state index contributed by atoms with van der Waals surface area (Å²) in [6.45, 7) is 38.8. The number of urea groups is 2. The van der Waals surface area contributed by atoms with E-state index in [1.807, 2.05) is 82.2 Å². The van der Waals surface area contributed by atoms with Gasteiger partial charge in [-0.2, -0.15) is 5.26 Å². The van der Waals surface area contributed by atoms with Crippen LogP contribution in [0.25, 0.3) is 0 Å². The third-order valence-electron chi connectivity index (χ3n) is 19.0. The van der Waals surface area contributed by atoms with Crippen LogP contribution >= 0.6 is 0 Å². The number of rotatable bonds is 23. The van der Waals surface area contributed by atoms with Gasteiger partial charge in [0.2, 0.25) is 0 Å². The average Bonchev–Trinajstić information content (AvgIpc) is 4.08. The lowest BCUT2D eigenvalue weighted by molar-refractivity contribution is -0.167. The molecule has 3 aliphatic rings. The zero-order chi connectivity index (χ0) is 56.9. The number of amides is 5. The van der Waals surface area contributed by atoms with Gasteiger partial charge in [0, 0.05) is 5.69 Å². The number of ether oxygens (including phenoxy) is 3. The number of carboxylic acids is 1. The van der Waals surface area contributed by atoms with Crippen LogP contribution in [0.15, 0.2) is 24.3 Å². The molecule has 5 amide bonds. The van der Waals surface area contributed by atoms with Crippen molar-refractivity contribution in [3.8, 4) is 6.07 Å². The van der Waals surface area contributed by atoms with Crippen LogP contribution in [0.5, 0.6) is 0 Å². The highest BCUT2D eigenvalue weighted by molar-refractivity contribution is 6.06. The monoisotopic (exact) mass is 1030 g/mol. The zero-order valence-electron chi connectivity index (χ0n) is 48.6. The molecule has 2 aliphatic carbocycles. The van der Waals surface area contributed by atoms with E-state index in [4.69, 9.17) is 19.5 Å². The number of carbonyl (C=O) groups is 7. The Morgan fingerprint density at radius 3 is 1.77 bits per heavy atom. The highest BCUT2D eigenvalue weighted by atomic mass is 16.5. The largest absolute Gasteiger partial charge is 0.481 e. The second kappa shape index (κ2) is 20.4. The Morgan fingerprint density at radius 1 is 0.770 bits per heavy atom. The van der Waals surface area contributed by atoms with Crippen LogP contribution in [0.3, 0.4) is 0 Å². The van der Waals surface area contributed by atoms with Gasteiger partial charge in [-0.3, -0.25) is 28.9 Å². The second-order valence-electron chi connectivity index (χ2n) is 27.8. The molecule has 4 rings (SSSR count). The average molecular weight is 1030 g/mol. The number of anilines is 1. The topological polar surface area (TPSA) is 231 Å². The summed E-state index contributed by atoms with van der Waals surface area (Å²) in [7, 11) is 0. The molecule has 7 atom stereocenters. The molecule has 1 aliphatic heterocycles. The summed E-state index contributed by atoms with van der Waals surface area (Å²) < 4.78 is 18.0. The van der Waals surface area contributed by atoms with E-state index in [2.05, 4.69) is 57.5 Å². The van der Waals surface area contributed by atoms with E-state index in [0.717, 1.165) is 4.90 Å². The molecule has 0 aromatic heterocycles. The molecule has 1 saturated heterocycles. The number of imide groups is 1. The van der Waals surface area contributed by atoms with Crippen molar-refractivity contribution in [3.05, 3.63) is 29.8 Å². The van der Waals surface area contributed by atoms with Crippen molar-refractivity contribution in [2.45, 2.75) is 183 Å². The van der Waals surface area contributed by atoms with Crippen molar-refractivity contribution in [3.63, 3.8) is 0 Å². The fraction of sp³-hybridized carbons (Fsp3) is 0.759. The summed E-state index contributed by atoms with van der Waals surface area (Å²) in [6.07, 6.45) is 2.13. The summed E-state index contributed by atoms with van der Waals surface area (Å²) in [5.74, 6) is -3.01. The van der Waals surface area contributed by atoms with Crippen LogP contribution in [-0.2, 0) is 38.2 Å². The number of hydrogen-bond donors (Lipinski definition) is 4. The van der Waals surface area contributed by atoms with Crippen molar-refractivity contribution in [2.24, 2.45) is 65.5 Å². The van der Waals surface area contributed by atoms with E-state index in [9.17, 15) is 33.9 Å². The van der Waals surface area contributed by atoms with Gasteiger partial charge in [-0.1, -0.05) is 104 Å². The third-order valence-corrected chi connectivity index (χ3v) is 19.0. The molecule has 414 valence electrons. The predicted molar refractivity (Wildman–Crippen MR) is 283 cm³/mol. The summed E-state index contributed by atoms with van der Waals surface area (Å²) in [6, 6.07) is 7.36. The maximum absolute atomic E-state index is 15.2. The van der Waals surface area contributed by atoms with E-state index in [1.54, 1.807) is 45.0 Å². The van der Waals surface area contributed by atoms with Gasteiger partial charge >= 0.3 is 35.9 Å². The first-order valence-electron chi connectivity index (χ1n) is 26.4. The van der Waals surface area contributed by atoms with Gasteiger partial charge in [0.1, 0.15) is 18.8 Å². The van der Waals surface area contributed by atoms with Crippen molar-refractivity contribution in [2.75, 3.05) is 38.2 Å². The van der Waals surface area contributed by atoms with Crippen LogP contribution in [-0.4, -0.2) is 90.3 Å². The predicted octanol–water partition coefficient (Wildman–Crippen LogP) is 10.9. The van der Waals surface area contributed by atoms with Gasteiger partial charge in [-0.15, -0.1) is 0 Å². The standard InChI is InChI=1S/C58H91N5O11/c1-21-72-43(68)57(32-49(9,10)37(2)53(17,41(65)66)31-47(3,4)5)35-56(57,20)51(13,14)34-58(44(69)74-29-27-63-40(64)52(15,16)62-46(63)71)36-55(58,19)50(11,12)33-54(18,48(6,7)8)42(67)73-28-26-60-45(70)61-39-24-22-38(30-59)23-25-39/h22-25,37H,21,26-29,31-36H2,1-20H3,(H,62,71)(H,65,66)(H2,60,61,70). The van der Waals surface area contributed by atoms with Crippen LogP contribution in [0.1, 0.15) is 183 Å². The summed E-state index contributed by atoms with van der Waals surface area (Å²) in [5.41, 5.74) is -9.26. The molecule has 16 heteroatoms. The number of esters is 3. The fourth-order valence-electron chi connectivity index (χ4n) is 13.1. The molecule has 1 aromatic carbocycles. The Kier molecular flexibility index (Phi) is 16.9. The Bertz CT molecular complexity index is 2390. The number of aliphatic carboxylic acids is 1. The minimum absolute atomic E-state index is 0.0271. The third kappa shape index (κ3) is 11.5. The normalized spacial score (nSPS) is 25.8. The Hall–Kier alpha value is -5.20. The fourth-order valence-corrected chi connectivity index (χ4v) is 13.1. The highest BCUT2D eigenvalue weighted by Gasteiger charge is 2.81. The molecular formula is C58H91N5O11. The SMILES string of the molecule is CCOC(=O)C1(CC(C)(C)C(C)C(C)(CC(C)(C)C)C(=O)O)CC1(C)C(C)(C)CC1(C(=O)OCCN2C(=O)NC(C)(C)C2=O)CC1(C)C(C)(C)CC(C)(C(=O)OCCNC(=O)Nc1ccc(C#N)cc1)C(C)(C)C. The molecule has 16 nitrogen and oxygen atoms in total. The van der Waals surface area contributed by atoms with Crippen molar-refractivity contribution in [1.29, 1.82) is 5.26 Å². The molecule has 3 fully saturated rings.